The van der Waals surface area contributed by atoms with Crippen molar-refractivity contribution in [3.63, 3.8) is 0 Å². The fraction of sp³-hybridized carbons (Fsp3) is 0.182. The third-order valence-corrected chi connectivity index (χ3v) is 2.95. The van der Waals surface area contributed by atoms with Crippen molar-refractivity contribution in [2.24, 2.45) is 0 Å². The molecular weight excluding hydrogens is 210 g/mol. The smallest absolute Gasteiger partial charge is 0.115 e. The van der Waals surface area contributed by atoms with E-state index in [2.05, 4.69) is 4.98 Å². The summed E-state index contributed by atoms with van der Waals surface area (Å²) in [5.41, 5.74) is 1.87. The molecule has 0 aliphatic carbocycles. The third-order valence-electron chi connectivity index (χ3n) is 2.04. The molecule has 0 amide bonds. The number of hydrogen-bond acceptors (Lipinski definition) is 4. The van der Waals surface area contributed by atoms with Crippen LogP contribution in [0.15, 0.2) is 29.6 Å². The van der Waals surface area contributed by atoms with Gasteiger partial charge in [0, 0.05) is 24.0 Å². The van der Waals surface area contributed by atoms with Crippen LogP contribution >= 0.6 is 11.3 Å². The predicted octanol–water partition coefficient (Wildman–Crippen LogP) is 2.05. The Kier molecular flexibility index (Phi) is 2.99. The van der Waals surface area contributed by atoms with Crippen LogP contribution in [0.25, 0.3) is 11.3 Å². The van der Waals surface area contributed by atoms with Crippen molar-refractivity contribution in [2.45, 2.75) is 6.42 Å². The van der Waals surface area contributed by atoms with Gasteiger partial charge in [-0.3, -0.25) is 0 Å². The molecule has 0 aliphatic rings. The van der Waals surface area contributed by atoms with Crippen molar-refractivity contribution in [1.29, 1.82) is 0 Å². The molecule has 2 aromatic rings. The molecule has 0 radical (unpaired) electrons. The van der Waals surface area contributed by atoms with E-state index in [1.807, 2.05) is 17.5 Å². The number of aliphatic hydroxyl groups is 1. The van der Waals surface area contributed by atoms with Crippen LogP contribution in [0.2, 0.25) is 0 Å². The first kappa shape index (κ1) is 10.1. The minimum Gasteiger partial charge on any atom is -0.508 e. The second-order valence-corrected chi connectivity index (χ2v) is 4.09. The molecule has 0 atom stereocenters. The lowest BCUT2D eigenvalue weighted by molar-refractivity contribution is 0.299. The fourth-order valence-electron chi connectivity index (χ4n) is 1.29. The van der Waals surface area contributed by atoms with E-state index in [9.17, 15) is 0 Å². The summed E-state index contributed by atoms with van der Waals surface area (Å²) in [6.45, 7) is 0.128. The van der Waals surface area contributed by atoms with Crippen LogP contribution in [0.5, 0.6) is 5.75 Å². The summed E-state index contributed by atoms with van der Waals surface area (Å²) < 4.78 is 0. The topological polar surface area (TPSA) is 53.4 Å². The van der Waals surface area contributed by atoms with E-state index in [-0.39, 0.29) is 12.4 Å². The van der Waals surface area contributed by atoms with Gasteiger partial charge < -0.3 is 10.2 Å². The lowest BCUT2D eigenvalue weighted by atomic mass is 10.2. The summed E-state index contributed by atoms with van der Waals surface area (Å²) in [6.07, 6.45) is 0.600. The van der Waals surface area contributed by atoms with Gasteiger partial charge in [0.2, 0.25) is 0 Å². The molecule has 0 aliphatic heterocycles. The lowest BCUT2D eigenvalue weighted by Gasteiger charge is -1.96. The Morgan fingerprint density at radius 1 is 1.20 bits per heavy atom. The zero-order valence-electron chi connectivity index (χ0n) is 8.05. The highest BCUT2D eigenvalue weighted by Crippen LogP contribution is 2.23. The number of hydrogen-bond donors (Lipinski definition) is 2. The highest BCUT2D eigenvalue weighted by molar-refractivity contribution is 7.09. The first-order valence-corrected chi connectivity index (χ1v) is 5.52. The summed E-state index contributed by atoms with van der Waals surface area (Å²) in [5.74, 6) is 0.254. The summed E-state index contributed by atoms with van der Waals surface area (Å²) in [6, 6.07) is 6.93. The number of benzene rings is 1. The minimum atomic E-state index is 0.128. The fourth-order valence-corrected chi connectivity index (χ4v) is 2.08. The minimum absolute atomic E-state index is 0.128. The molecule has 78 valence electrons. The third kappa shape index (κ3) is 2.34. The molecule has 0 saturated carbocycles. The largest absolute Gasteiger partial charge is 0.508 e. The first-order chi connectivity index (χ1) is 7.29. The predicted molar refractivity (Wildman–Crippen MR) is 60.0 cm³/mol. The molecule has 1 heterocycles. The van der Waals surface area contributed by atoms with Crippen molar-refractivity contribution in [3.05, 3.63) is 34.7 Å². The van der Waals surface area contributed by atoms with E-state index in [0.717, 1.165) is 16.3 Å². The van der Waals surface area contributed by atoms with Gasteiger partial charge in [-0.1, -0.05) is 0 Å². The maximum Gasteiger partial charge on any atom is 0.115 e. The summed E-state index contributed by atoms with van der Waals surface area (Å²) >= 11 is 1.54. The van der Waals surface area contributed by atoms with E-state index in [1.165, 1.54) is 11.3 Å². The monoisotopic (exact) mass is 221 g/mol. The lowest BCUT2D eigenvalue weighted by Crippen LogP contribution is -1.88. The summed E-state index contributed by atoms with van der Waals surface area (Å²) in [5, 5.41) is 20.8. The number of nitrogens with zero attached hydrogens (tertiary/aromatic N) is 1. The molecule has 1 aromatic carbocycles. The van der Waals surface area contributed by atoms with E-state index in [0.29, 0.717) is 6.42 Å². The van der Waals surface area contributed by atoms with Gasteiger partial charge in [0.15, 0.2) is 0 Å². The molecule has 0 bridgehead atoms. The Labute approximate surface area is 91.7 Å². The van der Waals surface area contributed by atoms with Crippen LogP contribution in [0.3, 0.4) is 0 Å². The van der Waals surface area contributed by atoms with Gasteiger partial charge in [-0.15, -0.1) is 11.3 Å². The number of phenols is 1. The van der Waals surface area contributed by atoms with E-state index >= 15 is 0 Å². The first-order valence-electron chi connectivity index (χ1n) is 4.64. The molecule has 1 aromatic heterocycles. The Balaban J connectivity index is 2.25. The normalized spacial score (nSPS) is 10.5. The van der Waals surface area contributed by atoms with E-state index in [1.54, 1.807) is 12.1 Å². The zero-order valence-corrected chi connectivity index (χ0v) is 8.87. The van der Waals surface area contributed by atoms with Gasteiger partial charge in [-0.05, 0) is 24.3 Å². The number of aromatic hydroxyl groups is 1. The number of thiazole rings is 1. The highest BCUT2D eigenvalue weighted by atomic mass is 32.1. The summed E-state index contributed by atoms with van der Waals surface area (Å²) in [4.78, 5) is 4.38. The number of phenolic OH excluding ortho intramolecular Hbond substituents is 1. The Morgan fingerprint density at radius 2 is 1.93 bits per heavy atom. The van der Waals surface area contributed by atoms with Gasteiger partial charge in [0.05, 0.1) is 10.7 Å². The SMILES string of the molecule is OCCc1nc(-c2ccc(O)cc2)cs1. The van der Waals surface area contributed by atoms with Crippen LogP contribution in [0, 0.1) is 0 Å². The maximum absolute atomic E-state index is 9.14. The molecule has 15 heavy (non-hydrogen) atoms. The average Bonchev–Trinajstić information content (AvgIpc) is 2.68. The van der Waals surface area contributed by atoms with Crippen LogP contribution in [-0.4, -0.2) is 21.8 Å². The Bertz CT molecular complexity index is 436. The standard InChI is InChI=1S/C11H11NO2S/c13-6-5-11-12-10(7-15-11)8-1-3-9(14)4-2-8/h1-4,7,13-14H,5-6H2. The Hall–Kier alpha value is -1.39. The molecule has 0 unspecified atom stereocenters. The molecule has 4 heteroatoms. The average molecular weight is 221 g/mol. The van der Waals surface area contributed by atoms with Crippen molar-refractivity contribution < 1.29 is 10.2 Å². The molecule has 3 nitrogen and oxygen atoms in total. The van der Waals surface area contributed by atoms with Crippen LogP contribution in [0.4, 0.5) is 0 Å². The van der Waals surface area contributed by atoms with Crippen LogP contribution in [0.1, 0.15) is 5.01 Å². The molecule has 0 spiro atoms. The molecule has 2 rings (SSSR count). The summed E-state index contributed by atoms with van der Waals surface area (Å²) in [7, 11) is 0. The maximum atomic E-state index is 9.14. The van der Waals surface area contributed by atoms with Gasteiger partial charge in [-0.25, -0.2) is 4.98 Å². The molecule has 0 saturated heterocycles. The second kappa shape index (κ2) is 4.42. The van der Waals surface area contributed by atoms with Crippen LogP contribution in [-0.2, 0) is 6.42 Å². The molecular formula is C11H11NO2S. The van der Waals surface area contributed by atoms with Crippen molar-refractivity contribution in [2.75, 3.05) is 6.61 Å². The van der Waals surface area contributed by atoms with Gasteiger partial charge >= 0.3 is 0 Å². The van der Waals surface area contributed by atoms with Gasteiger partial charge in [-0.2, -0.15) is 0 Å². The van der Waals surface area contributed by atoms with Crippen molar-refractivity contribution in [1.82, 2.24) is 4.98 Å². The number of rotatable bonds is 3. The second-order valence-electron chi connectivity index (χ2n) is 3.15. The molecule has 0 fully saturated rings. The van der Waals surface area contributed by atoms with E-state index in [4.69, 9.17) is 10.2 Å². The number of aliphatic hydroxyl groups excluding tert-OH is 1. The number of aromatic nitrogens is 1. The van der Waals surface area contributed by atoms with Gasteiger partial charge in [0.25, 0.3) is 0 Å². The zero-order chi connectivity index (χ0) is 10.7. The van der Waals surface area contributed by atoms with Crippen molar-refractivity contribution >= 4 is 11.3 Å². The Morgan fingerprint density at radius 3 is 2.60 bits per heavy atom. The molecule has 2 N–H and O–H groups in total. The van der Waals surface area contributed by atoms with Crippen LogP contribution < -0.4 is 0 Å². The highest BCUT2D eigenvalue weighted by Gasteiger charge is 2.03. The van der Waals surface area contributed by atoms with Gasteiger partial charge in [0.1, 0.15) is 5.75 Å². The van der Waals surface area contributed by atoms with Crippen molar-refractivity contribution in [3.8, 4) is 17.0 Å². The van der Waals surface area contributed by atoms with E-state index < -0.39 is 0 Å². The quantitative estimate of drug-likeness (QED) is 0.834.